The van der Waals surface area contributed by atoms with Crippen molar-refractivity contribution in [3.05, 3.63) is 99.5 Å². The Morgan fingerprint density at radius 1 is 1.03 bits per heavy atom. The minimum Gasteiger partial charge on any atom is -0.489 e. The van der Waals surface area contributed by atoms with Gasteiger partial charge in [0.1, 0.15) is 30.4 Å². The van der Waals surface area contributed by atoms with E-state index in [-0.39, 0.29) is 82.1 Å². The summed E-state index contributed by atoms with van der Waals surface area (Å²) in [5.74, 6) is -0.777. The van der Waals surface area contributed by atoms with Crippen molar-refractivity contribution in [2.24, 2.45) is 11.3 Å². The van der Waals surface area contributed by atoms with Gasteiger partial charge in [-0.2, -0.15) is 4.98 Å². The fourth-order valence-corrected chi connectivity index (χ4v) is 12.9. The largest absolute Gasteiger partial charge is 0.489 e. The molecule has 3 aromatic carbocycles. The first-order valence-corrected chi connectivity index (χ1v) is 27.1. The molecule has 5 heterocycles. The lowest BCUT2D eigenvalue weighted by atomic mass is 9.70. The van der Waals surface area contributed by atoms with Gasteiger partial charge in [0.25, 0.3) is 27.5 Å². The van der Waals surface area contributed by atoms with Crippen LogP contribution in [0.5, 0.6) is 23.1 Å². The summed E-state index contributed by atoms with van der Waals surface area (Å²) >= 11 is 0. The molecular formula is C54H66FN7O10S. The van der Waals surface area contributed by atoms with Gasteiger partial charge >= 0.3 is 0 Å². The number of fused-ring (bicyclic) bond motifs is 2. The SMILES string of the molecule is CO[C@@H](C)COc1nc2[nH]cc(F)c2cc1Oc1cc(N2CCC3(CC2)CN(C2CCC[C@@H]2c2ccccc2C(C)C)C3)ccc1C(=O)NS(=O)(=O)c1cc2c(c([N+](=O)[O-])c1)N[C@@H](C1CCC(C)(O)CC1)CO2. The van der Waals surface area contributed by atoms with Gasteiger partial charge in [0.2, 0.25) is 0 Å². The summed E-state index contributed by atoms with van der Waals surface area (Å²) in [4.78, 5) is 37.8. The van der Waals surface area contributed by atoms with Crippen molar-refractivity contribution < 1.29 is 46.6 Å². The summed E-state index contributed by atoms with van der Waals surface area (Å²) in [6, 6.07) is 17.5. The number of likely N-dealkylation sites (tertiary alicyclic amines) is 1. The predicted molar refractivity (Wildman–Crippen MR) is 274 cm³/mol. The third-order valence-corrected chi connectivity index (χ3v) is 17.6. The van der Waals surface area contributed by atoms with E-state index in [1.165, 1.54) is 49.6 Å². The highest BCUT2D eigenvalue weighted by molar-refractivity contribution is 7.90. The Hall–Kier alpha value is -6.02. The molecule has 1 unspecified atom stereocenters. The van der Waals surface area contributed by atoms with Crippen molar-refractivity contribution >= 4 is 44.0 Å². The number of carbonyl (C=O) groups excluding carboxylic acids is 1. The average molecular weight is 1020 g/mol. The molecule has 390 valence electrons. The Labute approximate surface area is 425 Å². The van der Waals surface area contributed by atoms with Crippen LogP contribution in [0.2, 0.25) is 0 Å². The standard InChI is InChI=1S/C54H66FN7O10S/c1-32(2)37-9-6-7-10-38(37)39-11-8-12-44(39)61-30-54(31-61)19-21-60(22-20-54)35-13-14-40(46(23-35)72-48-26-41-42(55)27-56-50(41)58-52(48)71-28-33(3)69-5)51(63)59-73(67,68)36-24-45(62(65)66)49-47(25-36)70-29-43(57-49)34-15-17-53(4,64)18-16-34/h6-7,9-10,13-14,23-27,32-34,39,43-44,57,64H,8,11-12,15-22,28-31H2,1-5H3,(H,56,58)(H,59,63)/t33-,34?,39+,43+,44?,53?/m0/s1. The molecule has 0 radical (unpaired) electrons. The number of piperidine rings is 1. The number of hydrogen-bond acceptors (Lipinski definition) is 14. The maximum Gasteiger partial charge on any atom is 0.297 e. The molecular weight excluding hydrogens is 958 g/mol. The molecule has 1 amide bonds. The molecule has 2 aliphatic carbocycles. The molecule has 2 saturated heterocycles. The third kappa shape index (κ3) is 10.3. The van der Waals surface area contributed by atoms with Crippen LogP contribution in [0, 0.1) is 27.3 Å². The van der Waals surface area contributed by atoms with Gasteiger partial charge in [-0.25, -0.2) is 17.5 Å². The Kier molecular flexibility index (Phi) is 13.8. The van der Waals surface area contributed by atoms with Crippen LogP contribution in [0.15, 0.2) is 71.8 Å². The van der Waals surface area contributed by atoms with Gasteiger partial charge in [-0.05, 0) is 112 Å². The number of carbonyl (C=O) groups is 1. The van der Waals surface area contributed by atoms with Gasteiger partial charge in [0.05, 0.1) is 38.5 Å². The number of pyridine rings is 1. The van der Waals surface area contributed by atoms with E-state index in [1.54, 1.807) is 26.0 Å². The zero-order valence-corrected chi connectivity index (χ0v) is 42.9. The van der Waals surface area contributed by atoms with Crippen LogP contribution in [0.3, 0.4) is 0 Å². The van der Waals surface area contributed by atoms with E-state index in [1.807, 2.05) is 0 Å². The Morgan fingerprint density at radius 2 is 1.78 bits per heavy atom. The first kappa shape index (κ1) is 50.5. The number of halogens is 1. The number of amides is 1. The molecule has 17 nitrogen and oxygen atoms in total. The van der Waals surface area contributed by atoms with E-state index in [0.717, 1.165) is 63.0 Å². The van der Waals surface area contributed by atoms with Gasteiger partial charge in [0.15, 0.2) is 17.2 Å². The third-order valence-electron chi connectivity index (χ3n) is 16.3. The van der Waals surface area contributed by atoms with Gasteiger partial charge < -0.3 is 39.3 Å². The first-order chi connectivity index (χ1) is 34.9. The molecule has 5 aliphatic rings. The van der Waals surface area contributed by atoms with Crippen molar-refractivity contribution in [1.29, 1.82) is 0 Å². The van der Waals surface area contributed by atoms with Gasteiger partial charge in [-0.3, -0.25) is 19.8 Å². The zero-order chi connectivity index (χ0) is 51.4. The van der Waals surface area contributed by atoms with Crippen molar-refractivity contribution in [3.8, 4) is 23.1 Å². The van der Waals surface area contributed by atoms with Crippen molar-refractivity contribution in [2.45, 2.75) is 126 Å². The number of nitro benzene ring substituents is 1. The molecule has 73 heavy (non-hydrogen) atoms. The second kappa shape index (κ2) is 20.0. The van der Waals surface area contributed by atoms with Crippen LogP contribution in [-0.4, -0.2) is 110 Å². The number of sulfonamides is 1. The smallest absolute Gasteiger partial charge is 0.297 e. The summed E-state index contributed by atoms with van der Waals surface area (Å²) < 4.78 is 69.4. The van der Waals surface area contributed by atoms with Crippen LogP contribution in [-0.2, 0) is 14.8 Å². The lowest BCUT2D eigenvalue weighted by Gasteiger charge is -2.57. The quantitative estimate of drug-likeness (QED) is 0.0569. The normalized spacial score (nSPS) is 24.4. The monoisotopic (exact) mass is 1020 g/mol. The molecule has 3 aliphatic heterocycles. The summed E-state index contributed by atoms with van der Waals surface area (Å²) in [5, 5.41) is 26.3. The highest BCUT2D eigenvalue weighted by Crippen LogP contribution is 2.50. The molecule has 1 spiro atoms. The summed E-state index contributed by atoms with van der Waals surface area (Å²) in [6.45, 7) is 11.9. The number of nitrogens with one attached hydrogen (secondary N) is 3. The van der Waals surface area contributed by atoms with Crippen LogP contribution < -0.4 is 29.1 Å². The number of nitro groups is 1. The minimum absolute atomic E-state index is 0.0261. The van der Waals surface area contributed by atoms with Crippen molar-refractivity contribution in [3.63, 3.8) is 0 Å². The second-order valence-electron chi connectivity index (χ2n) is 21.6. The predicted octanol–water partition coefficient (Wildman–Crippen LogP) is 9.41. The number of anilines is 2. The number of benzene rings is 3. The number of aliphatic hydroxyl groups is 1. The number of hydrogen-bond donors (Lipinski definition) is 4. The summed E-state index contributed by atoms with van der Waals surface area (Å²) in [6.07, 6.45) is 8.87. The number of aromatic nitrogens is 2. The number of ether oxygens (including phenoxy) is 4. The van der Waals surface area contributed by atoms with E-state index in [4.69, 9.17) is 18.9 Å². The average Bonchev–Trinajstić information content (AvgIpc) is 4.00. The van der Waals surface area contributed by atoms with Crippen LogP contribution in [0.4, 0.5) is 21.5 Å². The molecule has 5 aromatic rings. The van der Waals surface area contributed by atoms with Crippen LogP contribution in [0.25, 0.3) is 11.0 Å². The summed E-state index contributed by atoms with van der Waals surface area (Å²) in [7, 11) is -3.25. The van der Waals surface area contributed by atoms with Crippen LogP contribution >= 0.6 is 0 Å². The second-order valence-corrected chi connectivity index (χ2v) is 23.3. The number of aromatic amines is 1. The number of methoxy groups -OCH3 is 1. The fraction of sp³-hybridized carbons (Fsp3) is 0.519. The molecule has 0 bridgehead atoms. The molecule has 4 atom stereocenters. The number of rotatable bonds is 15. The molecule has 4 N–H and O–H groups in total. The van der Waals surface area contributed by atoms with E-state index in [9.17, 15) is 28.4 Å². The minimum atomic E-state index is -4.78. The Balaban J connectivity index is 0.904. The van der Waals surface area contributed by atoms with Crippen LogP contribution in [0.1, 0.15) is 119 Å². The van der Waals surface area contributed by atoms with Gasteiger partial charge in [-0.1, -0.05) is 44.5 Å². The fourth-order valence-electron chi connectivity index (χ4n) is 11.9. The summed E-state index contributed by atoms with van der Waals surface area (Å²) in [5.41, 5.74) is 2.60. The van der Waals surface area contributed by atoms with Crippen molar-refractivity contribution in [1.82, 2.24) is 19.6 Å². The number of nitrogens with zero attached hydrogens (tertiary/aromatic N) is 4. The topological polar surface area (TPSA) is 211 Å². The Bertz CT molecular complexity index is 2990. The van der Waals surface area contributed by atoms with E-state index < -0.39 is 42.9 Å². The molecule has 2 saturated carbocycles. The highest BCUT2D eigenvalue weighted by atomic mass is 32.2. The molecule has 19 heteroatoms. The maximum absolute atomic E-state index is 15.1. The number of H-pyrrole nitrogens is 1. The van der Waals surface area contributed by atoms with Gasteiger partial charge in [-0.15, -0.1) is 0 Å². The maximum atomic E-state index is 15.1. The first-order valence-electron chi connectivity index (χ1n) is 25.6. The van der Waals surface area contributed by atoms with E-state index in [0.29, 0.717) is 43.6 Å². The highest BCUT2D eigenvalue weighted by Gasteiger charge is 2.49. The lowest BCUT2D eigenvalue weighted by Crippen LogP contribution is -2.63. The van der Waals surface area contributed by atoms with Crippen molar-refractivity contribution in [2.75, 3.05) is 56.7 Å². The lowest BCUT2D eigenvalue weighted by molar-refractivity contribution is -0.384. The molecule has 2 aromatic heterocycles. The van der Waals surface area contributed by atoms with E-state index in [2.05, 4.69) is 67.9 Å². The zero-order valence-electron chi connectivity index (χ0n) is 42.1. The molecule has 10 rings (SSSR count). The molecule has 4 fully saturated rings. The Morgan fingerprint density at radius 3 is 2.51 bits per heavy atom. The van der Waals surface area contributed by atoms with E-state index >= 15 is 4.39 Å². The van der Waals surface area contributed by atoms with Gasteiger partial charge in [0, 0.05) is 75.5 Å².